The molecular formula is C12H25N2+. The fourth-order valence-corrected chi connectivity index (χ4v) is 1.13. The van der Waals surface area contributed by atoms with Gasteiger partial charge in [0.05, 0.1) is 6.20 Å². The summed E-state index contributed by atoms with van der Waals surface area (Å²) in [5.74, 6) is 0. The first-order valence-electron chi connectivity index (χ1n) is 5.66. The summed E-state index contributed by atoms with van der Waals surface area (Å²) < 4.78 is 2.02. The van der Waals surface area contributed by atoms with E-state index in [1.807, 2.05) is 4.58 Å². The monoisotopic (exact) mass is 197 g/mol. The summed E-state index contributed by atoms with van der Waals surface area (Å²) in [6.45, 7) is 10.4. The van der Waals surface area contributed by atoms with Crippen molar-refractivity contribution in [1.82, 2.24) is 4.90 Å². The Kier molecular flexibility index (Phi) is 8.30. The average Bonchev–Trinajstić information content (AvgIpc) is 2.21. The van der Waals surface area contributed by atoms with Crippen LogP contribution in [-0.4, -0.2) is 36.3 Å². The maximum absolute atomic E-state index is 3.96. The molecule has 0 aliphatic heterocycles. The summed E-state index contributed by atoms with van der Waals surface area (Å²) in [5.41, 5.74) is 0. The van der Waals surface area contributed by atoms with Crippen molar-refractivity contribution in [3.05, 3.63) is 12.4 Å². The van der Waals surface area contributed by atoms with Crippen molar-refractivity contribution in [2.45, 2.75) is 39.5 Å². The molecular weight excluding hydrogens is 172 g/mol. The van der Waals surface area contributed by atoms with Crippen LogP contribution in [0.3, 0.4) is 0 Å². The summed E-state index contributed by atoms with van der Waals surface area (Å²) in [6.07, 6.45) is 9.33. The van der Waals surface area contributed by atoms with E-state index >= 15 is 0 Å². The Hall–Kier alpha value is -0.790. The number of unbranched alkanes of at least 4 members (excludes halogenated alkanes) is 3. The van der Waals surface area contributed by atoms with Crippen molar-refractivity contribution in [2.75, 3.05) is 20.1 Å². The molecule has 0 atom stereocenters. The van der Waals surface area contributed by atoms with Crippen molar-refractivity contribution in [2.24, 2.45) is 0 Å². The summed E-state index contributed by atoms with van der Waals surface area (Å²) in [7, 11) is 2.07. The molecule has 0 aromatic rings. The average molecular weight is 197 g/mol. The van der Waals surface area contributed by atoms with Crippen LogP contribution in [0.2, 0.25) is 0 Å². The second-order valence-corrected chi connectivity index (χ2v) is 3.74. The lowest BCUT2D eigenvalue weighted by molar-refractivity contribution is -0.449. The van der Waals surface area contributed by atoms with Crippen LogP contribution in [0.25, 0.3) is 0 Å². The van der Waals surface area contributed by atoms with E-state index in [9.17, 15) is 0 Å². The van der Waals surface area contributed by atoms with Crippen molar-refractivity contribution in [3.63, 3.8) is 0 Å². The molecule has 0 saturated carbocycles. The van der Waals surface area contributed by atoms with Gasteiger partial charge in [0.15, 0.2) is 6.20 Å². The maximum atomic E-state index is 3.96. The van der Waals surface area contributed by atoms with Crippen LogP contribution in [0.5, 0.6) is 0 Å². The van der Waals surface area contributed by atoms with Gasteiger partial charge in [-0.3, -0.25) is 0 Å². The molecule has 0 saturated heterocycles. The molecule has 0 radical (unpaired) electrons. The highest BCUT2D eigenvalue weighted by molar-refractivity contribution is 5.15. The van der Waals surface area contributed by atoms with Gasteiger partial charge < -0.3 is 4.90 Å². The summed E-state index contributed by atoms with van der Waals surface area (Å²) >= 11 is 0. The molecule has 0 bridgehead atoms. The molecule has 0 amide bonds. The quantitative estimate of drug-likeness (QED) is 0.329. The van der Waals surface area contributed by atoms with E-state index in [1.165, 1.54) is 25.7 Å². The van der Waals surface area contributed by atoms with Gasteiger partial charge in [-0.05, 0) is 13.3 Å². The molecule has 0 fully saturated rings. The number of nitrogens with zero attached hydrogens (tertiary/aromatic N) is 2. The molecule has 0 heterocycles. The van der Waals surface area contributed by atoms with Crippen molar-refractivity contribution in [1.29, 1.82) is 0 Å². The Labute approximate surface area is 88.9 Å². The van der Waals surface area contributed by atoms with Gasteiger partial charge in [-0.15, -0.1) is 0 Å². The molecule has 0 unspecified atom stereocenters. The minimum absolute atomic E-state index is 1.04. The second kappa shape index (κ2) is 8.79. The fraction of sp³-hybridized carbons (Fsp3) is 0.750. The lowest BCUT2D eigenvalue weighted by Gasteiger charge is -2.07. The molecule has 0 aliphatic carbocycles. The Morgan fingerprint density at radius 2 is 1.93 bits per heavy atom. The van der Waals surface area contributed by atoms with E-state index in [0.717, 1.165) is 13.1 Å². The highest BCUT2D eigenvalue weighted by Gasteiger charge is 1.96. The van der Waals surface area contributed by atoms with Gasteiger partial charge in [-0.1, -0.05) is 19.8 Å². The molecule has 2 heteroatoms. The van der Waals surface area contributed by atoms with Crippen LogP contribution < -0.4 is 0 Å². The smallest absolute Gasteiger partial charge is 0.184 e. The third-order valence-corrected chi connectivity index (χ3v) is 2.33. The molecule has 0 rings (SSSR count). The van der Waals surface area contributed by atoms with Gasteiger partial charge in [-0.2, -0.15) is 0 Å². The first-order chi connectivity index (χ1) is 6.70. The Balaban J connectivity index is 3.50. The molecule has 0 aromatic heterocycles. The lowest BCUT2D eigenvalue weighted by Crippen LogP contribution is -2.11. The molecule has 14 heavy (non-hydrogen) atoms. The number of hydrogen-bond donors (Lipinski definition) is 0. The largest absolute Gasteiger partial charge is 0.376 e. The van der Waals surface area contributed by atoms with Gasteiger partial charge in [-0.25, -0.2) is 4.58 Å². The second-order valence-electron chi connectivity index (χ2n) is 3.74. The van der Waals surface area contributed by atoms with Gasteiger partial charge in [0.1, 0.15) is 13.3 Å². The van der Waals surface area contributed by atoms with Crippen LogP contribution in [0.1, 0.15) is 39.5 Å². The Bertz CT molecular complexity index is 173. The zero-order valence-corrected chi connectivity index (χ0v) is 10.00. The van der Waals surface area contributed by atoms with Gasteiger partial charge >= 0.3 is 0 Å². The molecule has 0 spiro atoms. The number of rotatable bonds is 8. The summed E-state index contributed by atoms with van der Waals surface area (Å²) in [5, 5.41) is 0. The fourth-order valence-electron chi connectivity index (χ4n) is 1.13. The summed E-state index contributed by atoms with van der Waals surface area (Å²) in [4.78, 5) is 2.14. The highest BCUT2D eigenvalue weighted by Crippen LogP contribution is 1.98. The van der Waals surface area contributed by atoms with Crippen LogP contribution in [-0.2, 0) is 0 Å². The third kappa shape index (κ3) is 7.84. The van der Waals surface area contributed by atoms with Crippen LogP contribution >= 0.6 is 0 Å². The molecule has 0 aliphatic rings. The van der Waals surface area contributed by atoms with Crippen molar-refractivity contribution >= 4 is 6.72 Å². The van der Waals surface area contributed by atoms with Crippen molar-refractivity contribution < 1.29 is 4.58 Å². The van der Waals surface area contributed by atoms with E-state index in [1.54, 1.807) is 0 Å². The molecule has 0 aromatic carbocycles. The van der Waals surface area contributed by atoms with Crippen LogP contribution in [0.4, 0.5) is 0 Å². The molecule has 82 valence electrons. The topological polar surface area (TPSA) is 6.25 Å². The van der Waals surface area contributed by atoms with E-state index in [2.05, 4.69) is 44.9 Å². The van der Waals surface area contributed by atoms with Gasteiger partial charge in [0.25, 0.3) is 0 Å². The first kappa shape index (κ1) is 13.2. The van der Waals surface area contributed by atoms with Crippen LogP contribution in [0.15, 0.2) is 12.4 Å². The molecule has 0 N–H and O–H groups in total. The van der Waals surface area contributed by atoms with E-state index in [4.69, 9.17) is 0 Å². The van der Waals surface area contributed by atoms with E-state index < -0.39 is 0 Å². The lowest BCUT2D eigenvalue weighted by atomic mass is 10.2. The standard InChI is InChI=1S/C12H25N2/c1-5-7-8-9-10-14(4)12-11-13(3)6-2/h11-12H,4-10H2,1-3H3/q+1/b12-11-. The van der Waals surface area contributed by atoms with Crippen molar-refractivity contribution in [3.8, 4) is 0 Å². The minimum Gasteiger partial charge on any atom is -0.376 e. The predicted molar refractivity (Wildman–Crippen MR) is 63.8 cm³/mol. The Morgan fingerprint density at radius 1 is 1.21 bits per heavy atom. The zero-order valence-electron chi connectivity index (χ0n) is 10.00. The maximum Gasteiger partial charge on any atom is 0.184 e. The van der Waals surface area contributed by atoms with Crippen LogP contribution in [0, 0.1) is 0 Å². The number of hydrogen-bond acceptors (Lipinski definition) is 1. The third-order valence-electron chi connectivity index (χ3n) is 2.33. The predicted octanol–water partition coefficient (Wildman–Crippen LogP) is 2.70. The van der Waals surface area contributed by atoms with Gasteiger partial charge in [0.2, 0.25) is 0 Å². The normalized spacial score (nSPS) is 10.8. The highest BCUT2D eigenvalue weighted by atomic mass is 15.1. The Morgan fingerprint density at radius 3 is 2.50 bits per heavy atom. The van der Waals surface area contributed by atoms with Gasteiger partial charge in [0, 0.05) is 20.0 Å². The minimum atomic E-state index is 1.04. The SMILES string of the molecule is C=[N+](/C=C\N(C)CC)CCCCCC. The van der Waals surface area contributed by atoms with E-state index in [-0.39, 0.29) is 0 Å². The first-order valence-corrected chi connectivity index (χ1v) is 5.66. The zero-order chi connectivity index (χ0) is 10.8. The summed E-state index contributed by atoms with van der Waals surface area (Å²) in [6, 6.07) is 0. The molecule has 2 nitrogen and oxygen atoms in total. The van der Waals surface area contributed by atoms with E-state index in [0.29, 0.717) is 0 Å².